The predicted molar refractivity (Wildman–Crippen MR) is 72.8 cm³/mol. The fourth-order valence-electron chi connectivity index (χ4n) is 2.17. The van der Waals surface area contributed by atoms with E-state index in [1.807, 2.05) is 17.8 Å². The van der Waals surface area contributed by atoms with Crippen molar-refractivity contribution in [3.05, 3.63) is 53.4 Å². The molecule has 0 radical (unpaired) electrons. The van der Waals surface area contributed by atoms with E-state index in [2.05, 4.69) is 10.5 Å². The lowest BCUT2D eigenvalue weighted by atomic mass is 10.0. The molecule has 1 aromatic heterocycles. The maximum Gasteiger partial charge on any atom is 0.126 e. The molecular weight excluding hydrogens is 262 g/mol. The van der Waals surface area contributed by atoms with Gasteiger partial charge < -0.3 is 0 Å². The highest BCUT2D eigenvalue weighted by Gasteiger charge is 2.12. The van der Waals surface area contributed by atoms with Crippen molar-refractivity contribution in [2.24, 2.45) is 5.84 Å². The molecule has 0 aliphatic heterocycles. The van der Waals surface area contributed by atoms with Gasteiger partial charge >= 0.3 is 0 Å². The van der Waals surface area contributed by atoms with Crippen LogP contribution in [0.5, 0.6) is 0 Å². The van der Waals surface area contributed by atoms with Crippen molar-refractivity contribution in [1.82, 2.24) is 15.2 Å². The van der Waals surface area contributed by atoms with Crippen LogP contribution in [0.4, 0.5) is 8.78 Å². The Balaban J connectivity index is 2.04. The van der Waals surface area contributed by atoms with Crippen LogP contribution in [0.3, 0.4) is 0 Å². The van der Waals surface area contributed by atoms with Crippen molar-refractivity contribution in [1.29, 1.82) is 0 Å². The van der Waals surface area contributed by atoms with Crippen LogP contribution in [0.1, 0.15) is 18.1 Å². The molecule has 3 N–H and O–H groups in total. The minimum atomic E-state index is -0.574. The van der Waals surface area contributed by atoms with E-state index in [9.17, 15) is 8.78 Å². The van der Waals surface area contributed by atoms with E-state index in [1.165, 1.54) is 12.1 Å². The molecule has 1 unspecified atom stereocenters. The Hall–Kier alpha value is -1.79. The lowest BCUT2D eigenvalue weighted by molar-refractivity contribution is 0.516. The van der Waals surface area contributed by atoms with Crippen molar-refractivity contribution in [2.75, 3.05) is 0 Å². The number of aromatic nitrogens is 2. The van der Waals surface area contributed by atoms with Gasteiger partial charge in [-0.1, -0.05) is 0 Å². The molecule has 1 heterocycles. The van der Waals surface area contributed by atoms with E-state index < -0.39 is 11.6 Å². The van der Waals surface area contributed by atoms with Gasteiger partial charge in [0.05, 0.1) is 6.20 Å². The molecular formula is C14H18F2N4. The molecule has 108 valence electrons. The van der Waals surface area contributed by atoms with Gasteiger partial charge in [0.25, 0.3) is 0 Å². The third-order valence-electron chi connectivity index (χ3n) is 3.13. The number of nitrogens with one attached hydrogen (secondary N) is 1. The minimum Gasteiger partial charge on any atom is -0.273 e. The number of hydrogen-bond donors (Lipinski definition) is 2. The van der Waals surface area contributed by atoms with Crippen LogP contribution in [-0.4, -0.2) is 15.8 Å². The summed E-state index contributed by atoms with van der Waals surface area (Å²) in [6, 6.07) is 3.40. The zero-order valence-corrected chi connectivity index (χ0v) is 11.3. The molecule has 0 fully saturated rings. The van der Waals surface area contributed by atoms with Gasteiger partial charge in [-0.15, -0.1) is 0 Å². The zero-order chi connectivity index (χ0) is 14.5. The fraction of sp³-hybridized carbons (Fsp3) is 0.357. The second kappa shape index (κ2) is 6.58. The van der Waals surface area contributed by atoms with Gasteiger partial charge in [0.2, 0.25) is 0 Å². The van der Waals surface area contributed by atoms with Crippen LogP contribution in [-0.2, 0) is 19.4 Å². The van der Waals surface area contributed by atoms with Gasteiger partial charge in [-0.3, -0.25) is 16.0 Å². The lowest BCUT2D eigenvalue weighted by Crippen LogP contribution is -2.38. The number of rotatable bonds is 6. The topological polar surface area (TPSA) is 55.9 Å². The first-order chi connectivity index (χ1) is 9.60. The van der Waals surface area contributed by atoms with Crippen molar-refractivity contribution >= 4 is 0 Å². The van der Waals surface area contributed by atoms with Crippen molar-refractivity contribution in [3.8, 4) is 0 Å². The normalized spacial score (nSPS) is 12.6. The van der Waals surface area contributed by atoms with Gasteiger partial charge in [-0.05, 0) is 43.0 Å². The van der Waals surface area contributed by atoms with E-state index in [4.69, 9.17) is 5.84 Å². The standard InChI is InChI=1S/C14H18F2N4/c1-2-20-9-11(8-18-20)6-14(19-17)5-10-3-12(15)7-13(16)4-10/h3-4,7-9,14,19H,2,5-6,17H2,1H3. The highest BCUT2D eigenvalue weighted by Crippen LogP contribution is 2.12. The molecule has 4 nitrogen and oxygen atoms in total. The van der Waals surface area contributed by atoms with Crippen molar-refractivity contribution in [2.45, 2.75) is 32.4 Å². The third-order valence-corrected chi connectivity index (χ3v) is 3.13. The largest absolute Gasteiger partial charge is 0.273 e. The van der Waals surface area contributed by atoms with Gasteiger partial charge in [0.1, 0.15) is 11.6 Å². The molecule has 0 saturated carbocycles. The molecule has 0 spiro atoms. The second-order valence-corrected chi connectivity index (χ2v) is 4.75. The summed E-state index contributed by atoms with van der Waals surface area (Å²) in [6.07, 6.45) is 4.81. The van der Waals surface area contributed by atoms with Crippen molar-refractivity contribution < 1.29 is 8.78 Å². The Morgan fingerprint density at radius 1 is 1.20 bits per heavy atom. The van der Waals surface area contributed by atoms with Crippen LogP contribution in [0.25, 0.3) is 0 Å². The van der Waals surface area contributed by atoms with E-state index in [0.717, 1.165) is 18.2 Å². The third kappa shape index (κ3) is 3.85. The molecule has 0 aliphatic rings. The number of nitrogens with zero attached hydrogens (tertiary/aromatic N) is 2. The number of hydrazine groups is 1. The molecule has 0 aliphatic carbocycles. The Morgan fingerprint density at radius 2 is 1.85 bits per heavy atom. The monoisotopic (exact) mass is 280 g/mol. The average Bonchev–Trinajstić information content (AvgIpc) is 2.84. The number of aryl methyl sites for hydroxylation is 1. The van der Waals surface area contributed by atoms with E-state index in [1.54, 1.807) is 6.20 Å². The zero-order valence-electron chi connectivity index (χ0n) is 11.3. The van der Waals surface area contributed by atoms with Crippen LogP contribution >= 0.6 is 0 Å². The fourth-order valence-corrected chi connectivity index (χ4v) is 2.17. The molecule has 6 heteroatoms. The van der Waals surface area contributed by atoms with Gasteiger partial charge in [0.15, 0.2) is 0 Å². The highest BCUT2D eigenvalue weighted by molar-refractivity contribution is 5.19. The summed E-state index contributed by atoms with van der Waals surface area (Å²) in [4.78, 5) is 0. The highest BCUT2D eigenvalue weighted by atomic mass is 19.1. The van der Waals surface area contributed by atoms with E-state index >= 15 is 0 Å². The van der Waals surface area contributed by atoms with E-state index in [0.29, 0.717) is 18.4 Å². The number of nitrogens with two attached hydrogens (primary N) is 1. The molecule has 20 heavy (non-hydrogen) atoms. The maximum absolute atomic E-state index is 13.2. The number of halogens is 2. The molecule has 2 rings (SSSR count). The summed E-state index contributed by atoms with van der Waals surface area (Å²) in [5, 5.41) is 4.19. The SMILES string of the molecule is CCn1cc(CC(Cc2cc(F)cc(F)c2)NN)cn1. The molecule has 0 bridgehead atoms. The maximum atomic E-state index is 13.2. The first-order valence-electron chi connectivity index (χ1n) is 6.53. The lowest BCUT2D eigenvalue weighted by Gasteiger charge is -2.15. The van der Waals surface area contributed by atoms with E-state index in [-0.39, 0.29) is 6.04 Å². The van der Waals surface area contributed by atoms with Crippen LogP contribution < -0.4 is 11.3 Å². The smallest absolute Gasteiger partial charge is 0.126 e. The Bertz CT molecular complexity index is 548. The summed E-state index contributed by atoms with van der Waals surface area (Å²) in [7, 11) is 0. The summed E-state index contributed by atoms with van der Waals surface area (Å²) in [6.45, 7) is 2.81. The Kier molecular flexibility index (Phi) is 4.81. The van der Waals surface area contributed by atoms with Crippen LogP contribution in [0.15, 0.2) is 30.6 Å². The summed E-state index contributed by atoms with van der Waals surface area (Å²) in [5.41, 5.74) is 4.29. The molecule has 0 saturated heterocycles. The summed E-state index contributed by atoms with van der Waals surface area (Å²) >= 11 is 0. The quantitative estimate of drug-likeness (QED) is 0.626. The summed E-state index contributed by atoms with van der Waals surface area (Å²) < 4.78 is 28.1. The number of benzene rings is 1. The molecule has 0 amide bonds. The molecule has 2 aromatic rings. The first kappa shape index (κ1) is 14.6. The van der Waals surface area contributed by atoms with Crippen LogP contribution in [0, 0.1) is 11.6 Å². The predicted octanol–water partition coefficient (Wildman–Crippen LogP) is 1.80. The summed E-state index contributed by atoms with van der Waals surface area (Å²) in [5.74, 6) is 4.37. The average molecular weight is 280 g/mol. The molecule has 1 aromatic carbocycles. The number of hydrogen-bond acceptors (Lipinski definition) is 3. The Labute approximate surface area is 116 Å². The van der Waals surface area contributed by atoms with Gasteiger partial charge in [0, 0.05) is 24.8 Å². The molecule has 1 atom stereocenters. The van der Waals surface area contributed by atoms with Gasteiger partial charge in [-0.2, -0.15) is 5.10 Å². The Morgan fingerprint density at radius 3 is 2.40 bits per heavy atom. The second-order valence-electron chi connectivity index (χ2n) is 4.75. The van der Waals surface area contributed by atoms with Crippen LogP contribution in [0.2, 0.25) is 0 Å². The van der Waals surface area contributed by atoms with Gasteiger partial charge in [-0.25, -0.2) is 8.78 Å². The first-order valence-corrected chi connectivity index (χ1v) is 6.53. The minimum absolute atomic E-state index is 0.106. The van der Waals surface area contributed by atoms with Crippen molar-refractivity contribution in [3.63, 3.8) is 0 Å².